The Kier molecular flexibility index (Phi) is 4.53. The topological polar surface area (TPSA) is 54.0 Å². The van der Waals surface area contributed by atoms with E-state index < -0.39 is 0 Å². The van der Waals surface area contributed by atoms with Gasteiger partial charge < -0.3 is 13.7 Å². The molecule has 0 saturated carbocycles. The molecule has 0 unspecified atom stereocenters. The van der Waals surface area contributed by atoms with Crippen LogP contribution in [0.4, 0.5) is 0 Å². The van der Waals surface area contributed by atoms with E-state index in [1.54, 1.807) is 6.07 Å². The highest BCUT2D eigenvalue weighted by Gasteiger charge is 2.27. The molecule has 1 fully saturated rings. The monoisotopic (exact) mass is 408 g/mol. The zero-order valence-electron chi connectivity index (χ0n) is 16.1. The Hall–Kier alpha value is -2.83. The summed E-state index contributed by atoms with van der Waals surface area (Å²) in [6, 6.07) is 11.4. The summed E-state index contributed by atoms with van der Waals surface area (Å²) in [6.45, 7) is 5.66. The van der Waals surface area contributed by atoms with Crippen molar-refractivity contribution in [2.24, 2.45) is 0 Å². The fourth-order valence-corrected chi connectivity index (χ4v) is 4.11. The van der Waals surface area contributed by atoms with E-state index in [2.05, 4.69) is 16.1 Å². The van der Waals surface area contributed by atoms with E-state index in [4.69, 9.17) is 16.0 Å². The fraction of sp³-hybridized carbons (Fsp3) is 0.273. The van der Waals surface area contributed by atoms with Crippen molar-refractivity contribution in [3.8, 4) is 0 Å². The lowest BCUT2D eigenvalue weighted by molar-refractivity contribution is 0.0598. The van der Waals surface area contributed by atoms with E-state index in [1.807, 2.05) is 52.8 Å². The second-order valence-corrected chi connectivity index (χ2v) is 7.90. The molecule has 0 atom stereocenters. The van der Waals surface area contributed by atoms with Gasteiger partial charge in [0.2, 0.25) is 0 Å². The molecule has 1 saturated heterocycles. The molecule has 0 bridgehead atoms. The van der Waals surface area contributed by atoms with E-state index in [1.165, 1.54) is 0 Å². The lowest BCUT2D eigenvalue weighted by Gasteiger charge is -2.34. The van der Waals surface area contributed by atoms with Crippen molar-refractivity contribution in [2.45, 2.75) is 13.5 Å². The largest absolute Gasteiger partial charge is 0.451 e. The molecule has 4 aromatic rings. The van der Waals surface area contributed by atoms with Crippen LogP contribution in [0.5, 0.6) is 0 Å². The highest BCUT2D eigenvalue weighted by Crippen LogP contribution is 2.29. The van der Waals surface area contributed by atoms with Gasteiger partial charge in [0, 0.05) is 61.1 Å². The normalized spacial score (nSPS) is 15.4. The van der Waals surface area contributed by atoms with Crippen LogP contribution in [0.25, 0.3) is 16.6 Å². The number of carbonyl (C=O) groups excluding carboxylic acids is 1. The van der Waals surface area contributed by atoms with E-state index in [0.717, 1.165) is 41.9 Å². The quantitative estimate of drug-likeness (QED) is 0.514. The highest BCUT2D eigenvalue weighted by molar-refractivity contribution is 6.31. The first kappa shape index (κ1) is 18.2. The van der Waals surface area contributed by atoms with Gasteiger partial charge >= 0.3 is 0 Å². The molecule has 0 spiro atoms. The van der Waals surface area contributed by atoms with Crippen LogP contribution < -0.4 is 0 Å². The molecule has 4 heterocycles. The Morgan fingerprint density at radius 3 is 2.79 bits per heavy atom. The van der Waals surface area contributed by atoms with Gasteiger partial charge in [0.15, 0.2) is 5.76 Å². The first-order chi connectivity index (χ1) is 14.1. The van der Waals surface area contributed by atoms with E-state index in [0.29, 0.717) is 29.5 Å². The summed E-state index contributed by atoms with van der Waals surface area (Å²) in [5.41, 5.74) is 3.54. The minimum Gasteiger partial charge on any atom is -0.451 e. The molecular formula is C22H21ClN4O2. The fourth-order valence-electron chi connectivity index (χ4n) is 3.94. The lowest BCUT2D eigenvalue weighted by atomic mass is 10.1. The average Bonchev–Trinajstić information content (AvgIpc) is 3.28. The first-order valence-electron chi connectivity index (χ1n) is 9.71. The summed E-state index contributed by atoms with van der Waals surface area (Å²) in [5, 5.41) is 1.53. The number of benzene rings is 1. The maximum Gasteiger partial charge on any atom is 0.289 e. The van der Waals surface area contributed by atoms with Gasteiger partial charge in [-0.15, -0.1) is 0 Å². The standard InChI is InChI=1S/C22H21ClN4O2/c1-15-18-12-16(23)5-6-19(18)29-21(15)22(28)26-10-8-25(9-11-26)13-17-14-27-7-3-2-4-20(27)24-17/h2-7,12,14H,8-11,13H2,1H3. The van der Waals surface area contributed by atoms with Crippen LogP contribution in [0.3, 0.4) is 0 Å². The summed E-state index contributed by atoms with van der Waals surface area (Å²) < 4.78 is 7.88. The number of pyridine rings is 1. The Bertz CT molecular complexity index is 1170. The molecule has 1 aliphatic rings. The molecule has 0 aliphatic carbocycles. The second kappa shape index (κ2) is 7.21. The molecule has 29 heavy (non-hydrogen) atoms. The summed E-state index contributed by atoms with van der Waals surface area (Å²) in [7, 11) is 0. The van der Waals surface area contributed by atoms with E-state index in [9.17, 15) is 4.79 Å². The van der Waals surface area contributed by atoms with Crippen LogP contribution in [0.15, 0.2) is 53.2 Å². The van der Waals surface area contributed by atoms with Crippen LogP contribution in [0.1, 0.15) is 21.8 Å². The smallest absolute Gasteiger partial charge is 0.289 e. The summed E-state index contributed by atoms with van der Waals surface area (Å²) in [6.07, 6.45) is 4.07. The number of amides is 1. The minimum absolute atomic E-state index is 0.0535. The van der Waals surface area contributed by atoms with Crippen molar-refractivity contribution in [3.05, 3.63) is 70.8 Å². The van der Waals surface area contributed by atoms with Gasteiger partial charge in [-0.3, -0.25) is 9.69 Å². The number of imidazole rings is 1. The predicted molar refractivity (Wildman–Crippen MR) is 112 cm³/mol. The molecule has 0 N–H and O–H groups in total. The molecule has 148 valence electrons. The number of piperazine rings is 1. The minimum atomic E-state index is -0.0535. The number of furan rings is 1. The zero-order valence-corrected chi connectivity index (χ0v) is 16.9. The van der Waals surface area contributed by atoms with E-state index >= 15 is 0 Å². The van der Waals surface area contributed by atoms with Gasteiger partial charge in [0.05, 0.1) is 5.69 Å². The summed E-state index contributed by atoms with van der Waals surface area (Å²) in [5.74, 6) is 0.360. The van der Waals surface area contributed by atoms with Gasteiger partial charge in [-0.1, -0.05) is 17.7 Å². The molecule has 3 aromatic heterocycles. The van der Waals surface area contributed by atoms with Gasteiger partial charge in [-0.25, -0.2) is 4.98 Å². The van der Waals surface area contributed by atoms with Crippen molar-refractivity contribution in [3.63, 3.8) is 0 Å². The number of carbonyl (C=O) groups is 1. The Labute approximate surface area is 173 Å². The third-order valence-electron chi connectivity index (χ3n) is 5.55. The molecule has 1 amide bonds. The average molecular weight is 409 g/mol. The predicted octanol–water partition coefficient (Wildman–Crippen LogP) is 4.00. The molecule has 7 heteroatoms. The molecule has 1 aromatic carbocycles. The van der Waals surface area contributed by atoms with Crippen LogP contribution in [-0.4, -0.2) is 51.3 Å². The van der Waals surface area contributed by atoms with Crippen molar-refractivity contribution in [1.29, 1.82) is 0 Å². The van der Waals surface area contributed by atoms with Crippen molar-refractivity contribution >= 4 is 34.1 Å². The molecular weight excluding hydrogens is 388 g/mol. The van der Waals surface area contributed by atoms with Gasteiger partial charge in [0.25, 0.3) is 5.91 Å². The Balaban J connectivity index is 1.26. The van der Waals surface area contributed by atoms with E-state index in [-0.39, 0.29) is 5.91 Å². The van der Waals surface area contributed by atoms with Gasteiger partial charge in [0.1, 0.15) is 11.2 Å². The third kappa shape index (κ3) is 3.39. The number of fused-ring (bicyclic) bond motifs is 2. The molecule has 1 aliphatic heterocycles. The lowest BCUT2D eigenvalue weighted by Crippen LogP contribution is -2.48. The number of aromatic nitrogens is 2. The highest BCUT2D eigenvalue weighted by atomic mass is 35.5. The number of hydrogen-bond donors (Lipinski definition) is 0. The number of rotatable bonds is 3. The summed E-state index contributed by atoms with van der Waals surface area (Å²) >= 11 is 6.09. The second-order valence-electron chi connectivity index (χ2n) is 7.46. The zero-order chi connectivity index (χ0) is 20.0. The number of aryl methyl sites for hydroxylation is 1. The maximum atomic E-state index is 13.0. The van der Waals surface area contributed by atoms with Crippen LogP contribution in [0, 0.1) is 6.92 Å². The third-order valence-corrected chi connectivity index (χ3v) is 5.79. The first-order valence-corrected chi connectivity index (χ1v) is 10.1. The van der Waals surface area contributed by atoms with Crippen molar-refractivity contribution in [1.82, 2.24) is 19.2 Å². The van der Waals surface area contributed by atoms with Crippen molar-refractivity contribution < 1.29 is 9.21 Å². The van der Waals surface area contributed by atoms with Gasteiger partial charge in [-0.2, -0.15) is 0 Å². The summed E-state index contributed by atoms with van der Waals surface area (Å²) in [4.78, 5) is 21.9. The van der Waals surface area contributed by atoms with Crippen molar-refractivity contribution in [2.75, 3.05) is 26.2 Å². The SMILES string of the molecule is Cc1c(C(=O)N2CCN(Cc3cn4ccccc4n3)CC2)oc2ccc(Cl)cc12. The van der Waals surface area contributed by atoms with Crippen LogP contribution >= 0.6 is 11.6 Å². The maximum absolute atomic E-state index is 13.0. The molecule has 6 nitrogen and oxygen atoms in total. The molecule has 5 rings (SSSR count). The molecule has 0 radical (unpaired) electrons. The number of halogens is 1. The van der Waals surface area contributed by atoms with Crippen LogP contribution in [-0.2, 0) is 6.54 Å². The van der Waals surface area contributed by atoms with Crippen LogP contribution in [0.2, 0.25) is 5.02 Å². The van der Waals surface area contributed by atoms with Gasteiger partial charge in [-0.05, 0) is 37.3 Å². The Morgan fingerprint density at radius 2 is 2.00 bits per heavy atom. The number of nitrogens with zero attached hydrogens (tertiary/aromatic N) is 4. The Morgan fingerprint density at radius 1 is 1.17 bits per heavy atom. The number of hydrogen-bond acceptors (Lipinski definition) is 4.